The smallest absolute Gasteiger partial charge is 0.227 e. The van der Waals surface area contributed by atoms with Gasteiger partial charge >= 0.3 is 0 Å². The molecule has 1 saturated heterocycles. The maximum absolute atomic E-state index is 13.2. The number of amides is 1. The van der Waals surface area contributed by atoms with E-state index >= 15 is 0 Å². The van der Waals surface area contributed by atoms with Gasteiger partial charge in [-0.15, -0.1) is 0 Å². The van der Waals surface area contributed by atoms with Gasteiger partial charge in [0.05, 0.1) is 12.1 Å². The average molecular weight is 421 g/mol. The second-order valence-corrected chi connectivity index (χ2v) is 7.90. The minimum absolute atomic E-state index is 0.0554. The Bertz CT molecular complexity index is 1050. The molecule has 0 unspecified atom stereocenters. The lowest BCUT2D eigenvalue weighted by molar-refractivity contribution is -0.117. The number of carbonyl (C=O) groups is 1. The van der Waals surface area contributed by atoms with Crippen LogP contribution in [-0.2, 0) is 4.79 Å². The summed E-state index contributed by atoms with van der Waals surface area (Å²) in [5.74, 6) is -0.716. The SMILES string of the molecule is O=C1C[C@@H](CC[C@H](O)c2ccc(F)cc2)[C@@H](c2ccc(O)cc2O)N1c1ccccc1. The van der Waals surface area contributed by atoms with Crippen LogP contribution >= 0.6 is 0 Å². The van der Waals surface area contributed by atoms with Crippen molar-refractivity contribution in [3.63, 3.8) is 0 Å². The zero-order valence-electron chi connectivity index (χ0n) is 16.9. The number of phenolic OH excluding ortho intramolecular Hbond substituents is 2. The summed E-state index contributed by atoms with van der Waals surface area (Å²) in [5.41, 5.74) is 1.90. The molecule has 1 aliphatic rings. The minimum atomic E-state index is -0.782. The lowest BCUT2D eigenvalue weighted by Crippen LogP contribution is -2.28. The van der Waals surface area contributed by atoms with Gasteiger partial charge in [-0.1, -0.05) is 30.3 Å². The third-order valence-electron chi connectivity index (χ3n) is 5.86. The first-order chi connectivity index (χ1) is 14.9. The summed E-state index contributed by atoms with van der Waals surface area (Å²) in [6.07, 6.45) is 0.409. The molecule has 3 aromatic carbocycles. The van der Waals surface area contributed by atoms with Gasteiger partial charge in [-0.3, -0.25) is 4.79 Å². The zero-order chi connectivity index (χ0) is 22.0. The Morgan fingerprint density at radius 3 is 2.39 bits per heavy atom. The van der Waals surface area contributed by atoms with E-state index in [1.807, 2.05) is 30.3 Å². The molecular weight excluding hydrogens is 397 g/mol. The molecule has 4 rings (SSSR count). The monoisotopic (exact) mass is 421 g/mol. The van der Waals surface area contributed by atoms with E-state index in [9.17, 15) is 24.5 Å². The molecule has 0 spiro atoms. The predicted octanol–water partition coefficient (Wildman–Crippen LogP) is 4.84. The van der Waals surface area contributed by atoms with Crippen molar-refractivity contribution in [2.75, 3.05) is 4.90 Å². The number of hydrogen-bond acceptors (Lipinski definition) is 4. The van der Waals surface area contributed by atoms with Gasteiger partial charge in [0.15, 0.2) is 0 Å². The summed E-state index contributed by atoms with van der Waals surface area (Å²) in [7, 11) is 0. The molecular formula is C25H24FNO4. The van der Waals surface area contributed by atoms with Gasteiger partial charge in [0.2, 0.25) is 5.91 Å². The fourth-order valence-corrected chi connectivity index (χ4v) is 4.35. The first kappa shape index (κ1) is 20.9. The van der Waals surface area contributed by atoms with Crippen molar-refractivity contribution < 1.29 is 24.5 Å². The highest BCUT2D eigenvalue weighted by Gasteiger charge is 2.42. The van der Waals surface area contributed by atoms with Crippen LogP contribution in [0.25, 0.3) is 0 Å². The van der Waals surface area contributed by atoms with E-state index in [4.69, 9.17) is 0 Å². The minimum Gasteiger partial charge on any atom is -0.508 e. The van der Waals surface area contributed by atoms with Gasteiger partial charge in [0, 0.05) is 23.7 Å². The van der Waals surface area contributed by atoms with Crippen molar-refractivity contribution in [1.82, 2.24) is 0 Å². The standard InChI is InChI=1S/C25H24FNO4/c26-18-9-6-16(7-10-18)22(29)13-8-17-14-24(31)27(19-4-2-1-3-5-19)25(17)21-12-11-20(28)15-23(21)30/h1-7,9-12,15,17,22,25,28-30H,8,13-14H2/t17-,22+,25+/m1/s1. The maximum Gasteiger partial charge on any atom is 0.227 e. The number of benzene rings is 3. The van der Waals surface area contributed by atoms with Crippen LogP contribution in [-0.4, -0.2) is 21.2 Å². The molecule has 0 aliphatic carbocycles. The summed E-state index contributed by atoms with van der Waals surface area (Å²) in [4.78, 5) is 14.7. The van der Waals surface area contributed by atoms with E-state index in [1.165, 1.54) is 24.3 Å². The summed E-state index contributed by atoms with van der Waals surface area (Å²) >= 11 is 0. The molecule has 0 radical (unpaired) electrons. The topological polar surface area (TPSA) is 81.0 Å². The van der Waals surface area contributed by atoms with Crippen molar-refractivity contribution in [3.05, 3.63) is 89.7 Å². The van der Waals surface area contributed by atoms with Gasteiger partial charge < -0.3 is 20.2 Å². The van der Waals surface area contributed by atoms with Crippen LogP contribution < -0.4 is 4.90 Å². The van der Waals surface area contributed by atoms with E-state index in [-0.39, 0.29) is 35.6 Å². The number of phenols is 2. The Morgan fingerprint density at radius 2 is 1.71 bits per heavy atom. The molecule has 3 N–H and O–H groups in total. The first-order valence-corrected chi connectivity index (χ1v) is 10.3. The molecule has 1 amide bonds. The lowest BCUT2D eigenvalue weighted by Gasteiger charge is -2.30. The molecule has 1 heterocycles. The molecule has 0 saturated carbocycles. The van der Waals surface area contributed by atoms with Gasteiger partial charge in [0.25, 0.3) is 0 Å². The predicted molar refractivity (Wildman–Crippen MR) is 115 cm³/mol. The summed E-state index contributed by atoms with van der Waals surface area (Å²) in [5, 5.41) is 30.8. The van der Waals surface area contributed by atoms with Crippen molar-refractivity contribution in [2.24, 2.45) is 5.92 Å². The number of aliphatic hydroxyl groups is 1. The highest BCUT2D eigenvalue weighted by molar-refractivity contribution is 5.97. The van der Waals surface area contributed by atoms with E-state index in [2.05, 4.69) is 0 Å². The summed E-state index contributed by atoms with van der Waals surface area (Å²) in [6, 6.07) is 18.9. The molecule has 1 aliphatic heterocycles. The van der Waals surface area contributed by atoms with Crippen LogP contribution in [0, 0.1) is 11.7 Å². The quantitative estimate of drug-likeness (QED) is 0.532. The number of aromatic hydroxyl groups is 2. The van der Waals surface area contributed by atoms with E-state index < -0.39 is 12.1 Å². The second-order valence-electron chi connectivity index (χ2n) is 7.90. The number of hydrogen-bond donors (Lipinski definition) is 3. The van der Waals surface area contributed by atoms with Crippen molar-refractivity contribution in [2.45, 2.75) is 31.4 Å². The lowest BCUT2D eigenvalue weighted by atomic mass is 9.87. The fraction of sp³-hybridized carbons (Fsp3) is 0.240. The van der Waals surface area contributed by atoms with Crippen LogP contribution in [0.1, 0.15) is 42.5 Å². The van der Waals surface area contributed by atoms with Crippen LogP contribution in [0.15, 0.2) is 72.8 Å². The normalized spacial score (nSPS) is 19.5. The number of aliphatic hydroxyl groups excluding tert-OH is 1. The maximum atomic E-state index is 13.2. The molecule has 31 heavy (non-hydrogen) atoms. The Labute approximate surface area is 180 Å². The van der Waals surface area contributed by atoms with Crippen LogP contribution in [0.5, 0.6) is 11.5 Å². The number of nitrogens with zero attached hydrogens (tertiary/aromatic N) is 1. The summed E-state index contributed by atoms with van der Waals surface area (Å²) in [6.45, 7) is 0. The molecule has 5 nitrogen and oxygen atoms in total. The number of rotatable bonds is 6. The molecule has 0 bridgehead atoms. The van der Waals surface area contributed by atoms with Crippen molar-refractivity contribution >= 4 is 11.6 Å². The second kappa shape index (κ2) is 8.78. The number of anilines is 1. The number of carbonyl (C=O) groups excluding carboxylic acids is 1. The third-order valence-corrected chi connectivity index (χ3v) is 5.86. The van der Waals surface area contributed by atoms with Gasteiger partial charge in [0.1, 0.15) is 17.3 Å². The third kappa shape index (κ3) is 4.39. The Kier molecular flexibility index (Phi) is 5.91. The van der Waals surface area contributed by atoms with E-state index in [0.717, 1.165) is 5.69 Å². The van der Waals surface area contributed by atoms with Gasteiger partial charge in [-0.05, 0) is 60.7 Å². The van der Waals surface area contributed by atoms with Crippen LogP contribution in [0.2, 0.25) is 0 Å². The Morgan fingerprint density at radius 1 is 1.00 bits per heavy atom. The van der Waals surface area contributed by atoms with Crippen LogP contribution in [0.4, 0.5) is 10.1 Å². The highest BCUT2D eigenvalue weighted by atomic mass is 19.1. The fourth-order valence-electron chi connectivity index (χ4n) is 4.35. The Hall–Kier alpha value is -3.38. The molecule has 0 aromatic heterocycles. The molecule has 1 fully saturated rings. The van der Waals surface area contributed by atoms with Gasteiger partial charge in [-0.25, -0.2) is 4.39 Å². The average Bonchev–Trinajstić information content (AvgIpc) is 3.09. The number of halogens is 1. The molecule has 3 atom stereocenters. The summed E-state index contributed by atoms with van der Waals surface area (Å²) < 4.78 is 13.2. The Balaban J connectivity index is 1.62. The zero-order valence-corrected chi connectivity index (χ0v) is 16.9. The molecule has 6 heteroatoms. The first-order valence-electron chi connectivity index (χ1n) is 10.3. The van der Waals surface area contributed by atoms with Crippen molar-refractivity contribution in [3.8, 4) is 11.5 Å². The highest BCUT2D eigenvalue weighted by Crippen LogP contribution is 2.46. The number of para-hydroxylation sites is 1. The molecule has 3 aromatic rings. The largest absolute Gasteiger partial charge is 0.508 e. The van der Waals surface area contributed by atoms with Crippen LogP contribution in [0.3, 0.4) is 0 Å². The van der Waals surface area contributed by atoms with Gasteiger partial charge in [-0.2, -0.15) is 0 Å². The van der Waals surface area contributed by atoms with E-state index in [0.29, 0.717) is 24.0 Å². The van der Waals surface area contributed by atoms with E-state index in [1.54, 1.807) is 23.1 Å². The van der Waals surface area contributed by atoms with Crippen molar-refractivity contribution in [1.29, 1.82) is 0 Å². The molecule has 160 valence electrons.